The van der Waals surface area contributed by atoms with E-state index in [1.165, 1.54) is 6.21 Å². The Bertz CT molecular complexity index is 804. The molecule has 0 saturated heterocycles. The molecule has 0 aliphatic rings. The summed E-state index contributed by atoms with van der Waals surface area (Å²) in [5.74, 6) is 0. The highest BCUT2D eigenvalue weighted by atomic mass is 16.2. The average molecular weight is 279 g/mol. The van der Waals surface area contributed by atoms with E-state index in [2.05, 4.69) is 15.5 Å². The van der Waals surface area contributed by atoms with Crippen molar-refractivity contribution in [2.75, 3.05) is 0 Å². The van der Waals surface area contributed by atoms with Crippen LogP contribution in [0.1, 0.15) is 5.56 Å². The first-order valence-corrected chi connectivity index (χ1v) is 6.35. The minimum Gasteiger partial charge on any atom is -0.350 e. The van der Waals surface area contributed by atoms with Crippen molar-refractivity contribution in [3.63, 3.8) is 0 Å². The van der Waals surface area contributed by atoms with Crippen LogP contribution in [0.5, 0.6) is 0 Å². The normalized spacial score (nSPS) is 11.0. The molecule has 0 radical (unpaired) electrons. The van der Waals surface area contributed by atoms with Gasteiger partial charge in [0.05, 0.1) is 17.2 Å². The van der Waals surface area contributed by atoms with Gasteiger partial charge in [-0.2, -0.15) is 5.10 Å². The van der Waals surface area contributed by atoms with Gasteiger partial charge in [-0.1, -0.05) is 24.3 Å². The number of aromatic nitrogens is 2. The highest BCUT2D eigenvalue weighted by Crippen LogP contribution is 2.17. The molecule has 0 aliphatic heterocycles. The van der Waals surface area contributed by atoms with Crippen molar-refractivity contribution in [2.24, 2.45) is 10.8 Å². The number of para-hydroxylation sites is 2. The predicted molar refractivity (Wildman–Crippen MR) is 81.4 cm³/mol. The lowest BCUT2D eigenvalue weighted by Gasteiger charge is -2.04. The zero-order chi connectivity index (χ0) is 14.7. The van der Waals surface area contributed by atoms with Crippen molar-refractivity contribution in [1.29, 1.82) is 0 Å². The number of imidazole rings is 1. The Kier molecular flexibility index (Phi) is 3.34. The highest BCUT2D eigenvalue weighted by molar-refractivity contribution is 5.82. The maximum Gasteiger partial charge on any atom is 0.332 e. The second-order valence-electron chi connectivity index (χ2n) is 4.43. The Labute approximate surface area is 120 Å². The number of urea groups is 1. The van der Waals surface area contributed by atoms with Gasteiger partial charge in [0.2, 0.25) is 0 Å². The summed E-state index contributed by atoms with van der Waals surface area (Å²) in [4.78, 5) is 14.9. The van der Waals surface area contributed by atoms with Gasteiger partial charge in [0.15, 0.2) is 0 Å². The molecule has 2 aromatic carbocycles. The average Bonchev–Trinajstić information content (AvgIpc) is 2.92. The number of carbonyl (C=O) groups is 1. The number of rotatable bonds is 3. The van der Waals surface area contributed by atoms with Crippen LogP contribution in [0.15, 0.2) is 60.0 Å². The summed E-state index contributed by atoms with van der Waals surface area (Å²) in [6, 6.07) is 15.0. The van der Waals surface area contributed by atoms with Gasteiger partial charge < -0.3 is 5.73 Å². The van der Waals surface area contributed by atoms with E-state index in [9.17, 15) is 4.79 Å². The quantitative estimate of drug-likeness (QED) is 0.567. The van der Waals surface area contributed by atoms with Crippen molar-refractivity contribution in [2.45, 2.75) is 0 Å². The fourth-order valence-electron chi connectivity index (χ4n) is 2.06. The van der Waals surface area contributed by atoms with E-state index in [-0.39, 0.29) is 0 Å². The third-order valence-corrected chi connectivity index (χ3v) is 3.01. The number of carbonyl (C=O) groups excluding carboxylic acids is 1. The molecule has 0 saturated carbocycles. The van der Waals surface area contributed by atoms with Gasteiger partial charge in [-0.15, -0.1) is 0 Å². The molecule has 2 amide bonds. The van der Waals surface area contributed by atoms with E-state index >= 15 is 0 Å². The monoisotopic (exact) mass is 279 g/mol. The summed E-state index contributed by atoms with van der Waals surface area (Å²) in [5, 5.41) is 3.71. The van der Waals surface area contributed by atoms with Crippen molar-refractivity contribution >= 4 is 23.3 Å². The van der Waals surface area contributed by atoms with Crippen molar-refractivity contribution in [3.8, 4) is 5.69 Å². The third-order valence-electron chi connectivity index (χ3n) is 3.01. The van der Waals surface area contributed by atoms with Gasteiger partial charge in [-0.25, -0.2) is 15.2 Å². The molecule has 6 nitrogen and oxygen atoms in total. The van der Waals surface area contributed by atoms with Gasteiger partial charge in [0.1, 0.15) is 6.33 Å². The van der Waals surface area contributed by atoms with Gasteiger partial charge in [0, 0.05) is 5.69 Å². The number of primary amides is 1. The molecule has 1 heterocycles. The zero-order valence-electron chi connectivity index (χ0n) is 11.1. The van der Waals surface area contributed by atoms with Crippen LogP contribution in [0.4, 0.5) is 4.79 Å². The number of nitrogens with two attached hydrogens (primary N) is 1. The van der Waals surface area contributed by atoms with Crippen LogP contribution < -0.4 is 11.2 Å². The van der Waals surface area contributed by atoms with E-state index < -0.39 is 6.03 Å². The van der Waals surface area contributed by atoms with Crippen molar-refractivity contribution < 1.29 is 4.79 Å². The van der Waals surface area contributed by atoms with Crippen LogP contribution in [0.3, 0.4) is 0 Å². The number of hydrogen-bond acceptors (Lipinski definition) is 3. The third kappa shape index (κ3) is 2.74. The van der Waals surface area contributed by atoms with E-state index in [1.807, 2.05) is 53.1 Å². The smallest absolute Gasteiger partial charge is 0.332 e. The molecule has 0 atom stereocenters. The molecule has 0 spiro atoms. The SMILES string of the molecule is NC(=O)NN=Cc1ccc(-n2cnc3ccccc32)cc1. The Hall–Kier alpha value is -3.15. The Morgan fingerprint density at radius 2 is 1.95 bits per heavy atom. The Morgan fingerprint density at radius 3 is 2.71 bits per heavy atom. The fourth-order valence-corrected chi connectivity index (χ4v) is 2.06. The number of benzene rings is 2. The number of nitrogens with one attached hydrogen (secondary N) is 1. The van der Waals surface area contributed by atoms with Crippen LogP contribution in [0.2, 0.25) is 0 Å². The minimum absolute atomic E-state index is 0.687. The molecule has 0 aliphatic carbocycles. The molecule has 104 valence electrons. The first-order valence-electron chi connectivity index (χ1n) is 6.35. The molecule has 0 unspecified atom stereocenters. The number of fused-ring (bicyclic) bond motifs is 1. The predicted octanol–water partition coefficient (Wildman–Crippen LogP) is 2.03. The molecular formula is C15H13N5O. The second kappa shape index (κ2) is 5.46. The lowest BCUT2D eigenvalue weighted by Crippen LogP contribution is -2.24. The Morgan fingerprint density at radius 1 is 1.19 bits per heavy atom. The molecule has 3 aromatic rings. The molecule has 1 aromatic heterocycles. The summed E-state index contributed by atoms with van der Waals surface area (Å²) < 4.78 is 2.01. The molecule has 0 fully saturated rings. The summed E-state index contributed by atoms with van der Waals surface area (Å²) >= 11 is 0. The maximum atomic E-state index is 10.5. The van der Waals surface area contributed by atoms with Crippen LogP contribution in [-0.4, -0.2) is 21.8 Å². The summed E-state index contributed by atoms with van der Waals surface area (Å²) in [5.41, 5.74) is 10.9. The number of hydrogen-bond donors (Lipinski definition) is 2. The molecule has 3 rings (SSSR count). The summed E-state index contributed by atoms with van der Waals surface area (Å²) in [6.45, 7) is 0. The first-order chi connectivity index (χ1) is 10.2. The van der Waals surface area contributed by atoms with Crippen molar-refractivity contribution in [3.05, 3.63) is 60.4 Å². The molecule has 3 N–H and O–H groups in total. The molecule has 6 heteroatoms. The van der Waals surface area contributed by atoms with Gasteiger partial charge in [-0.05, 0) is 29.8 Å². The van der Waals surface area contributed by atoms with E-state index in [1.54, 1.807) is 6.33 Å². The van der Waals surface area contributed by atoms with Crippen molar-refractivity contribution in [1.82, 2.24) is 15.0 Å². The molecular weight excluding hydrogens is 266 g/mol. The molecule has 0 bridgehead atoms. The van der Waals surface area contributed by atoms with Crippen LogP contribution in [0, 0.1) is 0 Å². The number of hydrazone groups is 1. The summed E-state index contributed by atoms with van der Waals surface area (Å²) in [7, 11) is 0. The molecule has 21 heavy (non-hydrogen) atoms. The van der Waals surface area contributed by atoms with Crippen LogP contribution in [0.25, 0.3) is 16.7 Å². The largest absolute Gasteiger partial charge is 0.350 e. The van der Waals surface area contributed by atoms with E-state index in [4.69, 9.17) is 5.73 Å². The maximum absolute atomic E-state index is 10.5. The standard InChI is InChI=1S/C15H13N5O/c16-15(21)19-18-9-11-5-7-12(8-6-11)20-10-17-13-3-1-2-4-14(13)20/h1-10H,(H3,16,19,21). The van der Waals surface area contributed by atoms with Crippen LogP contribution in [-0.2, 0) is 0 Å². The van der Waals surface area contributed by atoms with E-state index in [0.717, 1.165) is 22.3 Å². The second-order valence-corrected chi connectivity index (χ2v) is 4.43. The van der Waals surface area contributed by atoms with E-state index in [0.29, 0.717) is 0 Å². The van der Waals surface area contributed by atoms with Crippen LogP contribution >= 0.6 is 0 Å². The fraction of sp³-hybridized carbons (Fsp3) is 0. The summed E-state index contributed by atoms with van der Waals surface area (Å²) in [6.07, 6.45) is 3.32. The lowest BCUT2D eigenvalue weighted by atomic mass is 10.2. The topological polar surface area (TPSA) is 85.3 Å². The number of amides is 2. The minimum atomic E-state index is -0.687. The number of nitrogens with zero attached hydrogens (tertiary/aromatic N) is 3. The lowest BCUT2D eigenvalue weighted by molar-refractivity contribution is 0.249. The van der Waals surface area contributed by atoms with Gasteiger partial charge >= 0.3 is 6.03 Å². The first kappa shape index (κ1) is 12.9. The highest BCUT2D eigenvalue weighted by Gasteiger charge is 2.03. The zero-order valence-corrected chi connectivity index (χ0v) is 11.1. The Balaban J connectivity index is 1.87. The van der Waals surface area contributed by atoms with Gasteiger partial charge in [0.25, 0.3) is 0 Å². The van der Waals surface area contributed by atoms with Gasteiger partial charge in [-0.3, -0.25) is 4.57 Å².